The quantitative estimate of drug-likeness (QED) is 0.575. The lowest BCUT2D eigenvalue weighted by atomic mass is 10.1. The molecule has 3 heteroatoms. The molecule has 1 atom stereocenters. The van der Waals surface area contributed by atoms with Crippen molar-refractivity contribution in [2.24, 2.45) is 0 Å². The number of nitrogens with zero attached hydrogens (tertiary/aromatic N) is 2. The Labute approximate surface area is 179 Å². The monoisotopic (exact) mass is 398 g/mol. The van der Waals surface area contributed by atoms with E-state index >= 15 is 0 Å². The summed E-state index contributed by atoms with van der Waals surface area (Å²) in [7, 11) is 0. The minimum Gasteiger partial charge on any atom is -0.296 e. The van der Waals surface area contributed by atoms with Gasteiger partial charge in [0.05, 0.1) is 0 Å². The van der Waals surface area contributed by atoms with Crippen molar-refractivity contribution >= 4 is 0 Å². The first-order chi connectivity index (χ1) is 14.7. The third kappa shape index (κ3) is 5.36. The van der Waals surface area contributed by atoms with Crippen LogP contribution < -0.4 is 0 Å². The van der Waals surface area contributed by atoms with Crippen LogP contribution >= 0.6 is 0 Å². The predicted molar refractivity (Wildman–Crippen MR) is 120 cm³/mol. The van der Waals surface area contributed by atoms with E-state index in [0.29, 0.717) is 12.6 Å². The van der Waals surface area contributed by atoms with Crippen molar-refractivity contribution in [1.82, 2.24) is 9.80 Å². The lowest BCUT2D eigenvalue weighted by Crippen LogP contribution is -2.50. The smallest absolute Gasteiger partial charge is 0.127 e. The molecule has 0 aromatic heterocycles. The maximum Gasteiger partial charge on any atom is 0.127 e. The fourth-order valence-corrected chi connectivity index (χ4v) is 3.91. The molecule has 3 aromatic carbocycles. The Morgan fingerprint density at radius 2 is 1.47 bits per heavy atom. The van der Waals surface area contributed by atoms with Gasteiger partial charge in [0, 0.05) is 55.5 Å². The van der Waals surface area contributed by atoms with E-state index in [1.54, 1.807) is 12.1 Å². The average Bonchev–Trinajstić information content (AvgIpc) is 2.77. The lowest BCUT2D eigenvalue weighted by Gasteiger charge is -2.40. The van der Waals surface area contributed by atoms with Crippen molar-refractivity contribution in [3.05, 3.63) is 107 Å². The van der Waals surface area contributed by atoms with Crippen LogP contribution in [0.15, 0.2) is 78.9 Å². The van der Waals surface area contributed by atoms with Gasteiger partial charge in [0.15, 0.2) is 0 Å². The highest BCUT2D eigenvalue weighted by Gasteiger charge is 2.24. The summed E-state index contributed by atoms with van der Waals surface area (Å²) < 4.78 is 13.9. The molecule has 0 bridgehead atoms. The number of benzene rings is 3. The molecule has 30 heavy (non-hydrogen) atoms. The molecule has 1 aliphatic rings. The van der Waals surface area contributed by atoms with E-state index in [9.17, 15) is 4.39 Å². The van der Waals surface area contributed by atoms with Crippen molar-refractivity contribution in [2.45, 2.75) is 26.1 Å². The van der Waals surface area contributed by atoms with Crippen molar-refractivity contribution in [3.8, 4) is 11.8 Å². The molecule has 0 unspecified atom stereocenters. The van der Waals surface area contributed by atoms with Crippen molar-refractivity contribution in [3.63, 3.8) is 0 Å². The van der Waals surface area contributed by atoms with Crippen LogP contribution in [0, 0.1) is 17.7 Å². The Balaban J connectivity index is 1.32. The SMILES string of the molecule is C[C@@H]1CN(Cc2ccccc2F)CCN1Cc1ccc(C#Cc2ccccc2)cc1. The van der Waals surface area contributed by atoms with E-state index in [1.165, 1.54) is 5.56 Å². The van der Waals surface area contributed by atoms with E-state index in [1.807, 2.05) is 42.5 Å². The van der Waals surface area contributed by atoms with E-state index in [4.69, 9.17) is 0 Å². The Kier molecular flexibility index (Phi) is 6.59. The van der Waals surface area contributed by atoms with E-state index < -0.39 is 0 Å². The lowest BCUT2D eigenvalue weighted by molar-refractivity contribution is 0.0726. The second-order valence-corrected chi connectivity index (χ2v) is 7.96. The zero-order valence-electron chi connectivity index (χ0n) is 17.4. The minimum absolute atomic E-state index is 0.108. The fourth-order valence-electron chi connectivity index (χ4n) is 3.91. The van der Waals surface area contributed by atoms with Gasteiger partial charge in [-0.1, -0.05) is 60.4 Å². The maximum atomic E-state index is 13.9. The second kappa shape index (κ2) is 9.71. The van der Waals surface area contributed by atoms with Crippen LogP contribution in [0.25, 0.3) is 0 Å². The van der Waals surface area contributed by atoms with Gasteiger partial charge >= 0.3 is 0 Å². The first kappa shape index (κ1) is 20.3. The van der Waals surface area contributed by atoms with Gasteiger partial charge in [0.2, 0.25) is 0 Å². The van der Waals surface area contributed by atoms with Crippen LogP contribution in [0.3, 0.4) is 0 Å². The van der Waals surface area contributed by atoms with Crippen LogP contribution in [-0.2, 0) is 13.1 Å². The van der Waals surface area contributed by atoms with Gasteiger partial charge in [-0.15, -0.1) is 0 Å². The Morgan fingerprint density at radius 1 is 0.800 bits per heavy atom. The molecule has 152 valence electrons. The third-order valence-electron chi connectivity index (χ3n) is 5.67. The Hall–Kier alpha value is -2.93. The van der Waals surface area contributed by atoms with Crippen LogP contribution in [-0.4, -0.2) is 35.5 Å². The minimum atomic E-state index is -0.108. The largest absolute Gasteiger partial charge is 0.296 e. The third-order valence-corrected chi connectivity index (χ3v) is 5.67. The summed E-state index contributed by atoms with van der Waals surface area (Å²) >= 11 is 0. The Bertz CT molecular complexity index is 1020. The summed E-state index contributed by atoms with van der Waals surface area (Å²) in [4.78, 5) is 4.85. The number of rotatable bonds is 4. The van der Waals surface area contributed by atoms with Crippen LogP contribution in [0.4, 0.5) is 4.39 Å². The molecule has 1 fully saturated rings. The second-order valence-electron chi connectivity index (χ2n) is 7.96. The zero-order chi connectivity index (χ0) is 20.8. The molecular weight excluding hydrogens is 371 g/mol. The highest BCUT2D eigenvalue weighted by Crippen LogP contribution is 2.17. The molecule has 0 amide bonds. The topological polar surface area (TPSA) is 6.48 Å². The summed E-state index contributed by atoms with van der Waals surface area (Å²) in [5, 5.41) is 0. The van der Waals surface area contributed by atoms with Gasteiger partial charge in [-0.25, -0.2) is 4.39 Å². The number of halogens is 1. The summed E-state index contributed by atoms with van der Waals surface area (Å²) in [5.74, 6) is 6.33. The molecule has 4 rings (SSSR count). The van der Waals surface area contributed by atoms with Gasteiger partial charge in [0.25, 0.3) is 0 Å². The van der Waals surface area contributed by atoms with Gasteiger partial charge in [0.1, 0.15) is 5.82 Å². The van der Waals surface area contributed by atoms with Crippen LogP contribution in [0.5, 0.6) is 0 Å². The molecule has 1 heterocycles. The van der Waals surface area contributed by atoms with Gasteiger partial charge < -0.3 is 0 Å². The molecule has 1 aliphatic heterocycles. The first-order valence-corrected chi connectivity index (χ1v) is 10.5. The number of piperazine rings is 1. The van der Waals surface area contributed by atoms with Crippen LogP contribution in [0.1, 0.15) is 29.2 Å². The summed E-state index contributed by atoms with van der Waals surface area (Å²) in [6.45, 7) is 6.77. The molecule has 0 aliphatic carbocycles. The van der Waals surface area contributed by atoms with Crippen LogP contribution in [0.2, 0.25) is 0 Å². The molecule has 3 aromatic rings. The number of hydrogen-bond donors (Lipinski definition) is 0. The standard InChI is InChI=1S/C27H27FN2/c1-22-19-29(21-26-9-5-6-10-27(26)28)17-18-30(22)20-25-15-13-24(14-16-25)12-11-23-7-3-2-4-8-23/h2-10,13-16,22H,17-21H2,1H3/t22-/m1/s1. The molecule has 0 N–H and O–H groups in total. The van der Waals surface area contributed by atoms with Gasteiger partial charge in [-0.3, -0.25) is 9.80 Å². The molecule has 1 saturated heterocycles. The molecule has 0 spiro atoms. The predicted octanol–water partition coefficient (Wildman–Crippen LogP) is 4.93. The maximum absolute atomic E-state index is 13.9. The highest BCUT2D eigenvalue weighted by molar-refractivity contribution is 5.43. The number of hydrogen-bond acceptors (Lipinski definition) is 2. The average molecular weight is 399 g/mol. The molecule has 2 nitrogen and oxygen atoms in total. The molecular formula is C27H27FN2. The van der Waals surface area contributed by atoms with Gasteiger partial charge in [-0.05, 0) is 42.8 Å². The fraction of sp³-hybridized carbons (Fsp3) is 0.259. The normalized spacial score (nSPS) is 17.3. The van der Waals surface area contributed by atoms with Crippen molar-refractivity contribution in [1.29, 1.82) is 0 Å². The summed E-state index contributed by atoms with van der Waals surface area (Å²) in [6, 6.07) is 26.1. The Morgan fingerprint density at radius 3 is 2.17 bits per heavy atom. The van der Waals surface area contributed by atoms with Crippen molar-refractivity contribution in [2.75, 3.05) is 19.6 Å². The van der Waals surface area contributed by atoms with Gasteiger partial charge in [-0.2, -0.15) is 0 Å². The van der Waals surface area contributed by atoms with E-state index in [-0.39, 0.29) is 5.82 Å². The van der Waals surface area contributed by atoms with Crippen molar-refractivity contribution < 1.29 is 4.39 Å². The molecule has 0 saturated carbocycles. The first-order valence-electron chi connectivity index (χ1n) is 10.5. The molecule has 0 radical (unpaired) electrons. The van der Waals surface area contributed by atoms with E-state index in [2.05, 4.69) is 52.8 Å². The van der Waals surface area contributed by atoms with E-state index in [0.717, 1.165) is 42.9 Å². The zero-order valence-corrected chi connectivity index (χ0v) is 17.4. The highest BCUT2D eigenvalue weighted by atomic mass is 19.1. The summed E-state index contributed by atoms with van der Waals surface area (Å²) in [5.41, 5.74) is 4.15. The summed E-state index contributed by atoms with van der Waals surface area (Å²) in [6.07, 6.45) is 0.